The fourth-order valence-corrected chi connectivity index (χ4v) is 0.723. The summed E-state index contributed by atoms with van der Waals surface area (Å²) < 4.78 is 4.91. The van der Waals surface area contributed by atoms with Gasteiger partial charge in [-0.25, -0.2) is 4.79 Å². The van der Waals surface area contributed by atoms with E-state index in [2.05, 4.69) is 10.6 Å². The van der Waals surface area contributed by atoms with E-state index in [1.165, 1.54) is 0 Å². The van der Waals surface area contributed by atoms with Gasteiger partial charge in [0.05, 0.1) is 6.61 Å². The van der Waals surface area contributed by atoms with Crippen LogP contribution in [-0.2, 0) is 4.74 Å². The Morgan fingerprint density at radius 2 is 2.08 bits per heavy atom. The van der Waals surface area contributed by atoms with Gasteiger partial charge in [0.25, 0.3) is 0 Å². The van der Waals surface area contributed by atoms with E-state index in [0.29, 0.717) is 19.1 Å². The summed E-state index contributed by atoms with van der Waals surface area (Å²) in [5.41, 5.74) is 0. The number of alkyl carbamates (subject to hydrolysis) is 1. The number of hydrogen-bond donors (Lipinski definition) is 2. The van der Waals surface area contributed by atoms with Gasteiger partial charge in [-0.15, -0.1) is 0 Å². The highest BCUT2D eigenvalue weighted by Crippen LogP contribution is 1.91. The first-order chi connectivity index (χ1) is 6.16. The number of amides is 1. The third-order valence-electron chi connectivity index (χ3n) is 1.37. The topological polar surface area (TPSA) is 50.4 Å². The van der Waals surface area contributed by atoms with Gasteiger partial charge >= 0.3 is 6.09 Å². The number of hydrogen-bond acceptors (Lipinski definition) is 3. The Bertz CT molecular complexity index is 138. The quantitative estimate of drug-likeness (QED) is 0.611. The summed E-state index contributed by atoms with van der Waals surface area (Å²) in [4.78, 5) is 10.9. The maximum absolute atomic E-state index is 10.9. The minimum absolute atomic E-state index is 0.327. The van der Waals surface area contributed by atoms with Gasteiger partial charge < -0.3 is 15.4 Å². The van der Waals surface area contributed by atoms with E-state index in [1.54, 1.807) is 0 Å². The third-order valence-corrected chi connectivity index (χ3v) is 1.37. The lowest BCUT2D eigenvalue weighted by atomic mass is 10.2. The van der Waals surface area contributed by atoms with Crippen molar-refractivity contribution in [2.24, 2.45) is 5.92 Å². The number of carbonyl (C=O) groups excluding carboxylic acids is 1. The first-order valence-electron chi connectivity index (χ1n) is 4.78. The molecule has 0 aliphatic rings. The molecular formula is C9H20N2O2. The number of ether oxygens (including phenoxy) is 1. The van der Waals surface area contributed by atoms with Crippen molar-refractivity contribution in [2.75, 3.05) is 26.2 Å². The fourth-order valence-electron chi connectivity index (χ4n) is 0.723. The summed E-state index contributed by atoms with van der Waals surface area (Å²) in [6, 6.07) is 0. The van der Waals surface area contributed by atoms with E-state index in [1.807, 2.05) is 20.8 Å². The van der Waals surface area contributed by atoms with E-state index in [4.69, 9.17) is 4.74 Å². The molecule has 0 fully saturated rings. The molecule has 78 valence electrons. The summed E-state index contributed by atoms with van der Waals surface area (Å²) in [5, 5.41) is 5.75. The Balaban J connectivity index is 3.20. The summed E-state index contributed by atoms with van der Waals surface area (Å²) in [5.74, 6) is 0.388. The van der Waals surface area contributed by atoms with Gasteiger partial charge in [0.2, 0.25) is 0 Å². The maximum Gasteiger partial charge on any atom is 0.407 e. The Labute approximate surface area is 80.0 Å². The van der Waals surface area contributed by atoms with Gasteiger partial charge in [0, 0.05) is 13.1 Å². The van der Waals surface area contributed by atoms with E-state index < -0.39 is 0 Å². The molecule has 0 aliphatic carbocycles. The molecule has 2 N–H and O–H groups in total. The van der Waals surface area contributed by atoms with Crippen LogP contribution in [0.3, 0.4) is 0 Å². The van der Waals surface area contributed by atoms with Crippen molar-refractivity contribution in [3.05, 3.63) is 0 Å². The minimum Gasteiger partial charge on any atom is -0.449 e. The van der Waals surface area contributed by atoms with Crippen LogP contribution in [0.15, 0.2) is 0 Å². The molecule has 4 nitrogen and oxygen atoms in total. The minimum atomic E-state index is -0.327. The standard InChI is InChI=1S/C9H20N2O2/c1-4-10-5-6-11-9(12)13-7-8(2)3/h8,10H,4-7H2,1-3H3,(H,11,12). The van der Waals surface area contributed by atoms with Crippen LogP contribution >= 0.6 is 0 Å². The Morgan fingerprint density at radius 1 is 1.38 bits per heavy atom. The summed E-state index contributed by atoms with van der Waals surface area (Å²) >= 11 is 0. The predicted octanol–water partition coefficient (Wildman–Crippen LogP) is 0.978. The van der Waals surface area contributed by atoms with Gasteiger partial charge in [0.15, 0.2) is 0 Å². The molecular weight excluding hydrogens is 168 g/mol. The number of likely N-dealkylation sites (N-methyl/N-ethyl adjacent to an activating group) is 1. The number of carbonyl (C=O) groups is 1. The van der Waals surface area contributed by atoms with Crippen LogP contribution in [0.5, 0.6) is 0 Å². The van der Waals surface area contributed by atoms with Crippen molar-refractivity contribution in [1.82, 2.24) is 10.6 Å². The van der Waals surface area contributed by atoms with Crippen molar-refractivity contribution in [3.8, 4) is 0 Å². The lowest BCUT2D eigenvalue weighted by Gasteiger charge is -2.08. The first kappa shape index (κ1) is 12.2. The molecule has 0 aromatic carbocycles. The van der Waals surface area contributed by atoms with Crippen molar-refractivity contribution in [1.29, 1.82) is 0 Å². The van der Waals surface area contributed by atoms with Gasteiger partial charge in [-0.2, -0.15) is 0 Å². The van der Waals surface area contributed by atoms with Gasteiger partial charge in [-0.3, -0.25) is 0 Å². The second kappa shape index (κ2) is 7.86. The van der Waals surface area contributed by atoms with Crippen LogP contribution in [0.2, 0.25) is 0 Å². The van der Waals surface area contributed by atoms with E-state index in [-0.39, 0.29) is 6.09 Å². The van der Waals surface area contributed by atoms with Crippen molar-refractivity contribution >= 4 is 6.09 Å². The second-order valence-corrected chi connectivity index (χ2v) is 3.27. The van der Waals surface area contributed by atoms with Crippen LogP contribution < -0.4 is 10.6 Å². The van der Waals surface area contributed by atoms with Crippen LogP contribution in [0, 0.1) is 5.92 Å². The van der Waals surface area contributed by atoms with Crippen molar-refractivity contribution < 1.29 is 9.53 Å². The van der Waals surface area contributed by atoms with Crippen LogP contribution in [0.1, 0.15) is 20.8 Å². The van der Waals surface area contributed by atoms with E-state index in [9.17, 15) is 4.79 Å². The van der Waals surface area contributed by atoms with Crippen LogP contribution in [0.25, 0.3) is 0 Å². The average Bonchev–Trinajstić information content (AvgIpc) is 2.09. The number of rotatable bonds is 6. The molecule has 0 aromatic heterocycles. The highest BCUT2D eigenvalue weighted by atomic mass is 16.5. The zero-order chi connectivity index (χ0) is 10.1. The molecule has 0 saturated carbocycles. The molecule has 0 bridgehead atoms. The highest BCUT2D eigenvalue weighted by molar-refractivity contribution is 5.67. The molecule has 0 aliphatic heterocycles. The average molecular weight is 188 g/mol. The van der Waals surface area contributed by atoms with E-state index in [0.717, 1.165) is 13.1 Å². The summed E-state index contributed by atoms with van der Waals surface area (Å²) in [6.45, 7) is 8.84. The normalized spacial score (nSPS) is 10.2. The molecule has 1 amide bonds. The summed E-state index contributed by atoms with van der Waals surface area (Å²) in [7, 11) is 0. The summed E-state index contributed by atoms with van der Waals surface area (Å²) in [6.07, 6.45) is -0.327. The van der Waals surface area contributed by atoms with Gasteiger partial charge in [-0.1, -0.05) is 20.8 Å². The molecule has 0 aromatic rings. The van der Waals surface area contributed by atoms with Crippen LogP contribution in [0.4, 0.5) is 4.79 Å². The molecule has 4 heteroatoms. The zero-order valence-electron chi connectivity index (χ0n) is 8.72. The molecule has 13 heavy (non-hydrogen) atoms. The van der Waals surface area contributed by atoms with Gasteiger partial charge in [-0.05, 0) is 12.5 Å². The van der Waals surface area contributed by atoms with E-state index >= 15 is 0 Å². The molecule has 0 unspecified atom stereocenters. The second-order valence-electron chi connectivity index (χ2n) is 3.27. The molecule has 0 saturated heterocycles. The molecule has 0 rings (SSSR count). The Kier molecular flexibility index (Phi) is 7.39. The first-order valence-corrected chi connectivity index (χ1v) is 4.78. The molecule has 0 heterocycles. The smallest absolute Gasteiger partial charge is 0.407 e. The lowest BCUT2D eigenvalue weighted by Crippen LogP contribution is -2.32. The predicted molar refractivity (Wildman–Crippen MR) is 52.7 cm³/mol. The molecule has 0 spiro atoms. The monoisotopic (exact) mass is 188 g/mol. The lowest BCUT2D eigenvalue weighted by molar-refractivity contribution is 0.133. The zero-order valence-corrected chi connectivity index (χ0v) is 8.72. The maximum atomic E-state index is 10.9. The van der Waals surface area contributed by atoms with Crippen molar-refractivity contribution in [3.63, 3.8) is 0 Å². The van der Waals surface area contributed by atoms with Crippen LogP contribution in [-0.4, -0.2) is 32.3 Å². The molecule has 0 atom stereocenters. The largest absolute Gasteiger partial charge is 0.449 e. The number of nitrogens with one attached hydrogen (secondary N) is 2. The fraction of sp³-hybridized carbons (Fsp3) is 0.889. The SMILES string of the molecule is CCNCCNC(=O)OCC(C)C. The Morgan fingerprint density at radius 3 is 2.62 bits per heavy atom. The van der Waals surface area contributed by atoms with Crippen molar-refractivity contribution in [2.45, 2.75) is 20.8 Å². The third kappa shape index (κ3) is 9.14. The molecule has 0 radical (unpaired) electrons. The Hall–Kier alpha value is -0.770. The van der Waals surface area contributed by atoms with Gasteiger partial charge in [0.1, 0.15) is 0 Å². The highest BCUT2D eigenvalue weighted by Gasteiger charge is 2.01.